The molecule has 0 atom stereocenters. The van der Waals surface area contributed by atoms with Gasteiger partial charge >= 0.3 is 0 Å². The van der Waals surface area contributed by atoms with Crippen molar-refractivity contribution in [2.24, 2.45) is 0 Å². The van der Waals surface area contributed by atoms with E-state index in [0.29, 0.717) is 0 Å². The molecule has 62 valence electrons. The number of rotatable bonds is 1. The minimum Gasteiger partial charge on any atom is -0.0683 e. The van der Waals surface area contributed by atoms with Crippen molar-refractivity contribution in [3.05, 3.63) is 35.4 Å². The van der Waals surface area contributed by atoms with Gasteiger partial charge in [0, 0.05) is 0 Å². The third-order valence-electron chi connectivity index (χ3n) is 1.53. The molecular weight excluding hydrogens is 132 g/mol. The van der Waals surface area contributed by atoms with Gasteiger partial charge in [0.25, 0.3) is 0 Å². The fraction of sp³-hybridized carbons (Fsp3) is 0.455. The van der Waals surface area contributed by atoms with E-state index in [1.165, 1.54) is 11.1 Å². The summed E-state index contributed by atoms with van der Waals surface area (Å²) in [7, 11) is 0. The lowest BCUT2D eigenvalue weighted by Crippen LogP contribution is -1.77. The Kier molecular flexibility index (Phi) is 5.54. The zero-order chi connectivity index (χ0) is 8.69. The number of benzene rings is 1. The van der Waals surface area contributed by atoms with Crippen molar-refractivity contribution >= 4 is 0 Å². The van der Waals surface area contributed by atoms with Crippen LogP contribution in [0.4, 0.5) is 0 Å². The van der Waals surface area contributed by atoms with E-state index in [4.69, 9.17) is 0 Å². The average Bonchev–Trinajstić information content (AvgIpc) is 2.10. The van der Waals surface area contributed by atoms with Crippen LogP contribution in [-0.4, -0.2) is 0 Å². The quantitative estimate of drug-likeness (QED) is 0.574. The fourth-order valence-electron chi connectivity index (χ4n) is 0.824. The predicted molar refractivity (Wildman–Crippen MR) is 51.9 cm³/mol. The van der Waals surface area contributed by atoms with Crippen molar-refractivity contribution in [2.75, 3.05) is 0 Å². The Morgan fingerprint density at radius 1 is 1.00 bits per heavy atom. The second-order valence-electron chi connectivity index (χ2n) is 2.34. The number of hydrogen-bond acceptors (Lipinski definition) is 0. The normalized spacial score (nSPS) is 8.36. The Morgan fingerprint density at radius 3 is 1.82 bits per heavy atom. The van der Waals surface area contributed by atoms with Crippen LogP contribution in [0.1, 0.15) is 31.9 Å². The summed E-state index contributed by atoms with van der Waals surface area (Å²) in [5.74, 6) is 0. The SMILES string of the molecule is CC.CCc1ccc(C)cc1. The summed E-state index contributed by atoms with van der Waals surface area (Å²) in [5.41, 5.74) is 2.76. The molecule has 0 saturated heterocycles. The molecule has 0 saturated carbocycles. The monoisotopic (exact) mass is 150 g/mol. The van der Waals surface area contributed by atoms with E-state index >= 15 is 0 Å². The van der Waals surface area contributed by atoms with Gasteiger partial charge in [0.1, 0.15) is 0 Å². The van der Waals surface area contributed by atoms with Gasteiger partial charge in [-0.15, -0.1) is 0 Å². The molecule has 0 aliphatic carbocycles. The molecule has 1 rings (SSSR count). The molecule has 0 N–H and O–H groups in total. The van der Waals surface area contributed by atoms with Crippen LogP contribution in [0, 0.1) is 6.92 Å². The smallest absolute Gasteiger partial charge is 0.0307 e. The summed E-state index contributed by atoms with van der Waals surface area (Å²) in [5, 5.41) is 0. The van der Waals surface area contributed by atoms with Crippen molar-refractivity contribution in [2.45, 2.75) is 34.1 Å². The van der Waals surface area contributed by atoms with E-state index in [-0.39, 0.29) is 0 Å². The predicted octanol–water partition coefficient (Wildman–Crippen LogP) is 3.58. The van der Waals surface area contributed by atoms with Gasteiger partial charge in [-0.05, 0) is 18.9 Å². The van der Waals surface area contributed by atoms with Crippen LogP contribution >= 0.6 is 0 Å². The molecule has 0 aliphatic rings. The lowest BCUT2D eigenvalue weighted by molar-refractivity contribution is 1.14. The summed E-state index contributed by atoms with van der Waals surface area (Å²) < 4.78 is 0. The zero-order valence-corrected chi connectivity index (χ0v) is 8.02. The molecule has 1 aromatic carbocycles. The topological polar surface area (TPSA) is 0 Å². The highest BCUT2D eigenvalue weighted by Gasteiger charge is 1.84. The van der Waals surface area contributed by atoms with Gasteiger partial charge in [-0.2, -0.15) is 0 Å². The first-order valence-corrected chi connectivity index (χ1v) is 4.38. The number of hydrogen-bond donors (Lipinski definition) is 0. The fourth-order valence-corrected chi connectivity index (χ4v) is 0.824. The highest BCUT2D eigenvalue weighted by atomic mass is 13.9. The first-order valence-electron chi connectivity index (χ1n) is 4.38. The summed E-state index contributed by atoms with van der Waals surface area (Å²) in [6.45, 7) is 8.28. The molecule has 0 nitrogen and oxygen atoms in total. The van der Waals surface area contributed by atoms with Crippen molar-refractivity contribution in [3.8, 4) is 0 Å². The third-order valence-corrected chi connectivity index (χ3v) is 1.53. The van der Waals surface area contributed by atoms with Gasteiger partial charge in [0.2, 0.25) is 0 Å². The van der Waals surface area contributed by atoms with Gasteiger partial charge in [0.15, 0.2) is 0 Å². The van der Waals surface area contributed by atoms with Crippen molar-refractivity contribution in [1.82, 2.24) is 0 Å². The van der Waals surface area contributed by atoms with Crippen LogP contribution in [0.2, 0.25) is 0 Å². The maximum absolute atomic E-state index is 2.18. The summed E-state index contributed by atoms with van der Waals surface area (Å²) in [6, 6.07) is 8.66. The van der Waals surface area contributed by atoms with Crippen LogP contribution < -0.4 is 0 Å². The first kappa shape index (κ1) is 10.2. The van der Waals surface area contributed by atoms with Crippen molar-refractivity contribution in [1.29, 1.82) is 0 Å². The van der Waals surface area contributed by atoms with Crippen LogP contribution in [0.15, 0.2) is 24.3 Å². The van der Waals surface area contributed by atoms with E-state index < -0.39 is 0 Å². The molecular formula is C11H18. The standard InChI is InChI=1S/C9H12.C2H6/c1-3-9-6-4-8(2)5-7-9;1-2/h4-7H,3H2,1-2H3;1-2H3. The molecule has 0 radical (unpaired) electrons. The Balaban J connectivity index is 0.000000461. The van der Waals surface area contributed by atoms with Gasteiger partial charge in [-0.3, -0.25) is 0 Å². The molecule has 11 heavy (non-hydrogen) atoms. The second kappa shape index (κ2) is 5.96. The first-order chi connectivity index (χ1) is 5.33. The Labute approximate surface area is 70.3 Å². The van der Waals surface area contributed by atoms with Crippen LogP contribution in [-0.2, 0) is 6.42 Å². The molecule has 0 spiro atoms. The van der Waals surface area contributed by atoms with E-state index in [1.54, 1.807) is 0 Å². The van der Waals surface area contributed by atoms with E-state index in [1.807, 2.05) is 13.8 Å². The van der Waals surface area contributed by atoms with E-state index in [2.05, 4.69) is 38.1 Å². The lowest BCUT2D eigenvalue weighted by Gasteiger charge is -1.94. The maximum atomic E-state index is 2.18. The summed E-state index contributed by atoms with van der Waals surface area (Å²) in [6.07, 6.45) is 1.14. The van der Waals surface area contributed by atoms with Crippen molar-refractivity contribution < 1.29 is 0 Å². The van der Waals surface area contributed by atoms with Gasteiger partial charge in [-0.1, -0.05) is 50.6 Å². The van der Waals surface area contributed by atoms with Gasteiger partial charge in [0.05, 0.1) is 0 Å². The average molecular weight is 150 g/mol. The highest BCUT2D eigenvalue weighted by Crippen LogP contribution is 2.02. The Bertz CT molecular complexity index is 172. The zero-order valence-electron chi connectivity index (χ0n) is 8.02. The number of aryl methyl sites for hydroxylation is 2. The summed E-state index contributed by atoms with van der Waals surface area (Å²) in [4.78, 5) is 0. The molecule has 0 bridgehead atoms. The molecule has 0 unspecified atom stereocenters. The second-order valence-corrected chi connectivity index (χ2v) is 2.34. The van der Waals surface area contributed by atoms with Gasteiger partial charge in [-0.25, -0.2) is 0 Å². The third kappa shape index (κ3) is 3.82. The van der Waals surface area contributed by atoms with Crippen LogP contribution in [0.5, 0.6) is 0 Å². The molecule has 0 amide bonds. The maximum Gasteiger partial charge on any atom is -0.0307 e. The highest BCUT2D eigenvalue weighted by molar-refractivity contribution is 5.20. The van der Waals surface area contributed by atoms with E-state index in [9.17, 15) is 0 Å². The lowest BCUT2D eigenvalue weighted by atomic mass is 10.1. The summed E-state index contributed by atoms with van der Waals surface area (Å²) >= 11 is 0. The molecule has 0 fully saturated rings. The van der Waals surface area contributed by atoms with Crippen LogP contribution in [0.3, 0.4) is 0 Å². The Hall–Kier alpha value is -0.780. The minimum absolute atomic E-state index is 1.14. The Morgan fingerprint density at radius 2 is 1.45 bits per heavy atom. The minimum atomic E-state index is 1.14. The van der Waals surface area contributed by atoms with E-state index in [0.717, 1.165) is 6.42 Å². The molecule has 0 aromatic heterocycles. The molecule has 0 aliphatic heterocycles. The largest absolute Gasteiger partial charge is 0.0683 e. The molecule has 0 heteroatoms. The molecule has 1 aromatic rings. The van der Waals surface area contributed by atoms with Crippen LogP contribution in [0.25, 0.3) is 0 Å². The molecule has 0 heterocycles. The van der Waals surface area contributed by atoms with Gasteiger partial charge < -0.3 is 0 Å². The van der Waals surface area contributed by atoms with Crippen molar-refractivity contribution in [3.63, 3.8) is 0 Å².